The van der Waals surface area contributed by atoms with Crippen LogP contribution in [0.1, 0.15) is 15.9 Å². The van der Waals surface area contributed by atoms with Gasteiger partial charge in [0.2, 0.25) is 0 Å². The Kier molecular flexibility index (Phi) is 4.17. The molecule has 1 aromatic rings. The van der Waals surface area contributed by atoms with Gasteiger partial charge in [-0.1, -0.05) is 23.4 Å². The molecule has 0 aliphatic carbocycles. The molecule has 0 aromatic heterocycles. The molecule has 1 aromatic carbocycles. The predicted octanol–water partition coefficient (Wildman–Crippen LogP) is 0.681. The van der Waals surface area contributed by atoms with Crippen LogP contribution >= 0.6 is 0 Å². The highest BCUT2D eigenvalue weighted by Crippen LogP contribution is 2.29. The summed E-state index contributed by atoms with van der Waals surface area (Å²) in [5.74, 6) is -0.265. The molecule has 25 heavy (non-hydrogen) atoms. The van der Waals surface area contributed by atoms with Gasteiger partial charge in [0.1, 0.15) is 0 Å². The normalized spacial score (nSPS) is 25.4. The first-order chi connectivity index (χ1) is 12.1. The molecule has 2 saturated heterocycles. The van der Waals surface area contributed by atoms with Crippen molar-refractivity contribution >= 4 is 17.5 Å². The molecule has 0 N–H and O–H groups in total. The van der Waals surface area contributed by atoms with E-state index in [1.54, 1.807) is 9.80 Å². The molecule has 2 amide bonds. The van der Waals surface area contributed by atoms with Crippen LogP contribution in [0.4, 0.5) is 0 Å². The van der Waals surface area contributed by atoms with Crippen molar-refractivity contribution in [3.05, 3.63) is 35.4 Å². The van der Waals surface area contributed by atoms with E-state index >= 15 is 0 Å². The topological polar surface area (TPSA) is 71.4 Å². The summed E-state index contributed by atoms with van der Waals surface area (Å²) in [5.41, 5.74) is 2.08. The van der Waals surface area contributed by atoms with Crippen molar-refractivity contribution in [2.24, 2.45) is 11.1 Å². The van der Waals surface area contributed by atoms with E-state index in [0.29, 0.717) is 50.7 Å². The average Bonchev–Trinajstić information content (AvgIpc) is 3.22. The molecule has 2 fully saturated rings. The number of hydrogen-bond acceptors (Lipinski definition) is 5. The van der Waals surface area contributed by atoms with Crippen molar-refractivity contribution in [3.63, 3.8) is 0 Å². The molecule has 3 aliphatic heterocycles. The van der Waals surface area contributed by atoms with Gasteiger partial charge >= 0.3 is 0 Å². The molecule has 0 spiro atoms. The van der Waals surface area contributed by atoms with Gasteiger partial charge in [0.25, 0.3) is 11.8 Å². The van der Waals surface area contributed by atoms with Crippen LogP contribution in [0.2, 0.25) is 0 Å². The standard InChI is InChI=1S/C18H21N3O4/c1-12-4-2-3-5-13(12)17(22)21-10-14-15(11-21)25-19-16(14)18(23)20-6-8-24-9-7-20/h2-5,14-15H,6-11H2,1H3/t14-,15+/m0/s1. The van der Waals surface area contributed by atoms with E-state index in [1.807, 2.05) is 31.2 Å². The summed E-state index contributed by atoms with van der Waals surface area (Å²) >= 11 is 0. The Morgan fingerprint density at radius 1 is 1.08 bits per heavy atom. The Labute approximate surface area is 146 Å². The summed E-state index contributed by atoms with van der Waals surface area (Å²) in [6, 6.07) is 7.54. The van der Waals surface area contributed by atoms with Crippen LogP contribution in [0.25, 0.3) is 0 Å². The zero-order valence-electron chi connectivity index (χ0n) is 14.2. The number of carbonyl (C=O) groups excluding carboxylic acids is 2. The Morgan fingerprint density at radius 3 is 2.60 bits per heavy atom. The first kappa shape index (κ1) is 16.1. The molecule has 0 radical (unpaired) electrons. The number of morpholine rings is 1. The van der Waals surface area contributed by atoms with Gasteiger partial charge in [-0.05, 0) is 18.6 Å². The van der Waals surface area contributed by atoms with Gasteiger partial charge in [0.15, 0.2) is 11.8 Å². The van der Waals surface area contributed by atoms with E-state index in [2.05, 4.69) is 5.16 Å². The molecule has 132 valence electrons. The SMILES string of the molecule is Cc1ccccc1C(=O)N1C[C@@H]2C(C(=O)N3CCOCC3)=NO[C@@H]2C1. The van der Waals surface area contributed by atoms with Gasteiger partial charge in [0.05, 0.1) is 25.7 Å². The number of amides is 2. The Bertz CT molecular complexity index is 727. The summed E-state index contributed by atoms with van der Waals surface area (Å²) < 4.78 is 5.29. The summed E-state index contributed by atoms with van der Waals surface area (Å²) in [6.07, 6.45) is -0.229. The minimum absolute atomic E-state index is 0.0192. The second-order valence-corrected chi connectivity index (χ2v) is 6.66. The highest BCUT2D eigenvalue weighted by Gasteiger charge is 2.47. The van der Waals surface area contributed by atoms with Crippen molar-refractivity contribution in [3.8, 4) is 0 Å². The van der Waals surface area contributed by atoms with Gasteiger partial charge < -0.3 is 19.4 Å². The molecule has 0 bridgehead atoms. The lowest BCUT2D eigenvalue weighted by molar-refractivity contribution is -0.128. The van der Waals surface area contributed by atoms with Gasteiger partial charge in [-0.15, -0.1) is 0 Å². The van der Waals surface area contributed by atoms with Crippen LogP contribution in [-0.4, -0.2) is 72.8 Å². The minimum Gasteiger partial charge on any atom is -0.389 e. The predicted molar refractivity (Wildman–Crippen MR) is 90.3 cm³/mol. The third-order valence-electron chi connectivity index (χ3n) is 5.08. The van der Waals surface area contributed by atoms with E-state index in [1.165, 1.54) is 0 Å². The Balaban J connectivity index is 1.47. The fraction of sp³-hybridized carbons (Fsp3) is 0.500. The number of benzene rings is 1. The quantitative estimate of drug-likeness (QED) is 0.792. The number of rotatable bonds is 2. The second kappa shape index (κ2) is 6.48. The van der Waals surface area contributed by atoms with Crippen molar-refractivity contribution in [2.45, 2.75) is 13.0 Å². The molecule has 3 heterocycles. The Morgan fingerprint density at radius 2 is 1.84 bits per heavy atom. The largest absolute Gasteiger partial charge is 0.389 e. The highest BCUT2D eigenvalue weighted by molar-refractivity contribution is 6.40. The molecular formula is C18H21N3O4. The molecule has 4 rings (SSSR count). The number of ether oxygens (including phenoxy) is 1. The highest BCUT2D eigenvalue weighted by atomic mass is 16.6. The van der Waals surface area contributed by atoms with Crippen LogP contribution in [-0.2, 0) is 14.4 Å². The van der Waals surface area contributed by atoms with Gasteiger partial charge in [-0.25, -0.2) is 0 Å². The first-order valence-corrected chi connectivity index (χ1v) is 8.61. The number of likely N-dealkylation sites (tertiary alicyclic amines) is 1. The van der Waals surface area contributed by atoms with Crippen LogP contribution in [0.3, 0.4) is 0 Å². The number of fused-ring (bicyclic) bond motifs is 1. The van der Waals surface area contributed by atoms with Crippen molar-refractivity contribution < 1.29 is 19.2 Å². The van der Waals surface area contributed by atoms with E-state index in [9.17, 15) is 9.59 Å². The number of nitrogens with zero attached hydrogens (tertiary/aromatic N) is 3. The van der Waals surface area contributed by atoms with Crippen molar-refractivity contribution in [2.75, 3.05) is 39.4 Å². The van der Waals surface area contributed by atoms with E-state index in [4.69, 9.17) is 9.57 Å². The molecular weight excluding hydrogens is 322 g/mol. The van der Waals surface area contributed by atoms with Crippen LogP contribution in [0.15, 0.2) is 29.4 Å². The van der Waals surface area contributed by atoms with Crippen molar-refractivity contribution in [1.29, 1.82) is 0 Å². The number of carbonyl (C=O) groups is 2. The van der Waals surface area contributed by atoms with Gasteiger partial charge in [-0.2, -0.15) is 0 Å². The third kappa shape index (κ3) is 2.89. The molecule has 2 atom stereocenters. The summed E-state index contributed by atoms with van der Waals surface area (Å²) in [7, 11) is 0. The summed E-state index contributed by atoms with van der Waals surface area (Å²) in [5, 5.41) is 4.03. The lowest BCUT2D eigenvalue weighted by Gasteiger charge is -2.27. The van der Waals surface area contributed by atoms with E-state index < -0.39 is 0 Å². The van der Waals surface area contributed by atoms with E-state index in [-0.39, 0.29) is 23.8 Å². The van der Waals surface area contributed by atoms with Gasteiger partial charge in [0, 0.05) is 25.2 Å². The number of oxime groups is 1. The number of hydrogen-bond donors (Lipinski definition) is 0. The minimum atomic E-state index is -0.229. The fourth-order valence-electron chi connectivity index (χ4n) is 3.61. The lowest BCUT2D eigenvalue weighted by Crippen LogP contribution is -2.46. The smallest absolute Gasteiger partial charge is 0.272 e. The fourth-order valence-corrected chi connectivity index (χ4v) is 3.61. The van der Waals surface area contributed by atoms with Crippen LogP contribution in [0.5, 0.6) is 0 Å². The maximum Gasteiger partial charge on any atom is 0.272 e. The zero-order valence-corrected chi connectivity index (χ0v) is 14.2. The average molecular weight is 343 g/mol. The first-order valence-electron chi connectivity index (χ1n) is 8.61. The lowest BCUT2D eigenvalue weighted by atomic mass is 9.99. The molecule has 3 aliphatic rings. The van der Waals surface area contributed by atoms with E-state index in [0.717, 1.165) is 5.56 Å². The summed E-state index contributed by atoms with van der Waals surface area (Å²) in [6.45, 7) is 5.09. The summed E-state index contributed by atoms with van der Waals surface area (Å²) in [4.78, 5) is 34.5. The van der Waals surface area contributed by atoms with Crippen LogP contribution < -0.4 is 0 Å². The zero-order chi connectivity index (χ0) is 17.4. The Hall–Kier alpha value is -2.41. The van der Waals surface area contributed by atoms with Crippen molar-refractivity contribution in [1.82, 2.24) is 9.80 Å². The molecule has 0 saturated carbocycles. The molecule has 0 unspecified atom stereocenters. The maximum atomic E-state index is 12.8. The number of aryl methyl sites for hydroxylation is 1. The molecule has 7 nitrogen and oxygen atoms in total. The monoisotopic (exact) mass is 343 g/mol. The third-order valence-corrected chi connectivity index (χ3v) is 5.08. The van der Waals surface area contributed by atoms with Crippen LogP contribution in [0, 0.1) is 12.8 Å². The van der Waals surface area contributed by atoms with Gasteiger partial charge in [-0.3, -0.25) is 9.59 Å². The maximum absolute atomic E-state index is 12.8. The second-order valence-electron chi connectivity index (χ2n) is 6.66. The molecule has 7 heteroatoms.